The monoisotopic (exact) mass is 595 g/mol. The standard InChI is InChI=1S/C33H29N3O6S/c1-41-32(38)27(34-31(37)24-10-6-3-7-11-24)20-22-12-15-26(16-13-22)42-19-18-36-28-17-14-25(21-29(28)43-33(36)39)30(35-40)23-8-4-2-5-9-23/h2-17,21,27,30H,18-20H2,1H3,(H,34,37). The van der Waals surface area contributed by atoms with Gasteiger partial charge in [-0.05, 0) is 53.1 Å². The van der Waals surface area contributed by atoms with E-state index in [2.05, 4.69) is 10.5 Å². The smallest absolute Gasteiger partial charge is 0.328 e. The maximum absolute atomic E-state index is 12.8. The normalized spacial score (nSPS) is 12.3. The molecule has 1 N–H and O–H groups in total. The van der Waals surface area contributed by atoms with Crippen LogP contribution in [0.15, 0.2) is 113 Å². The molecule has 0 aliphatic heterocycles. The fourth-order valence-corrected chi connectivity index (χ4v) is 5.76. The van der Waals surface area contributed by atoms with Crippen molar-refractivity contribution in [1.29, 1.82) is 0 Å². The molecule has 1 heterocycles. The summed E-state index contributed by atoms with van der Waals surface area (Å²) in [4.78, 5) is 49.2. The van der Waals surface area contributed by atoms with E-state index in [-0.39, 0.29) is 23.8 Å². The number of hydrogen-bond donors (Lipinski definition) is 1. The number of fused-ring (bicyclic) bond motifs is 1. The fourth-order valence-electron chi connectivity index (χ4n) is 4.79. The average Bonchev–Trinajstić information content (AvgIpc) is 3.36. The molecule has 2 atom stereocenters. The Balaban J connectivity index is 1.20. The molecule has 0 saturated heterocycles. The van der Waals surface area contributed by atoms with Crippen molar-refractivity contribution in [2.24, 2.45) is 5.18 Å². The quantitative estimate of drug-likeness (QED) is 0.150. The Bertz CT molecular complexity index is 1770. The minimum atomic E-state index is -0.853. The van der Waals surface area contributed by atoms with Crippen molar-refractivity contribution in [3.05, 3.63) is 140 Å². The second-order valence-corrected chi connectivity index (χ2v) is 10.8. The zero-order valence-corrected chi connectivity index (χ0v) is 24.2. The van der Waals surface area contributed by atoms with Gasteiger partial charge in [-0.25, -0.2) is 4.79 Å². The first-order valence-electron chi connectivity index (χ1n) is 13.6. The molecule has 1 amide bonds. The number of nitroso groups, excluding NO2 is 1. The predicted molar refractivity (Wildman–Crippen MR) is 166 cm³/mol. The summed E-state index contributed by atoms with van der Waals surface area (Å²) in [7, 11) is 1.28. The van der Waals surface area contributed by atoms with Crippen LogP contribution in [0.25, 0.3) is 10.2 Å². The number of esters is 1. The fraction of sp³-hybridized carbons (Fsp3) is 0.182. The first-order valence-corrected chi connectivity index (χ1v) is 14.4. The van der Waals surface area contributed by atoms with Crippen LogP contribution in [0.5, 0.6) is 5.75 Å². The molecule has 0 aliphatic rings. The number of hydrogen-bond acceptors (Lipinski definition) is 8. The van der Waals surface area contributed by atoms with Crippen LogP contribution in [0.1, 0.15) is 33.1 Å². The van der Waals surface area contributed by atoms with Gasteiger partial charge < -0.3 is 14.8 Å². The van der Waals surface area contributed by atoms with E-state index in [0.29, 0.717) is 17.9 Å². The van der Waals surface area contributed by atoms with E-state index < -0.39 is 18.1 Å². The molecule has 5 rings (SSSR count). The number of ether oxygens (including phenoxy) is 2. The Labute approximate surface area is 251 Å². The first-order chi connectivity index (χ1) is 21.0. The largest absolute Gasteiger partial charge is 0.492 e. The molecule has 0 saturated carbocycles. The van der Waals surface area contributed by atoms with E-state index in [9.17, 15) is 19.3 Å². The van der Waals surface area contributed by atoms with Gasteiger partial charge in [0.1, 0.15) is 24.4 Å². The van der Waals surface area contributed by atoms with Crippen LogP contribution in [0.2, 0.25) is 0 Å². The van der Waals surface area contributed by atoms with E-state index in [1.807, 2.05) is 66.7 Å². The maximum atomic E-state index is 12.8. The van der Waals surface area contributed by atoms with Gasteiger partial charge >= 0.3 is 10.8 Å². The van der Waals surface area contributed by atoms with Crippen molar-refractivity contribution < 1.29 is 19.1 Å². The molecule has 4 aromatic carbocycles. The molecule has 0 radical (unpaired) electrons. The second kappa shape index (κ2) is 13.7. The lowest BCUT2D eigenvalue weighted by Gasteiger charge is -2.17. The molecule has 9 nitrogen and oxygen atoms in total. The Morgan fingerprint density at radius 2 is 1.60 bits per heavy atom. The van der Waals surface area contributed by atoms with Crippen molar-refractivity contribution in [2.45, 2.75) is 25.0 Å². The molecule has 0 aliphatic carbocycles. The topological polar surface area (TPSA) is 116 Å². The Hall–Kier alpha value is -5.09. The van der Waals surface area contributed by atoms with E-state index >= 15 is 0 Å². The van der Waals surface area contributed by atoms with Crippen molar-refractivity contribution in [3.63, 3.8) is 0 Å². The number of carbonyl (C=O) groups is 2. The zero-order chi connectivity index (χ0) is 30.2. The third-order valence-electron chi connectivity index (χ3n) is 7.00. The third kappa shape index (κ3) is 7.04. The summed E-state index contributed by atoms with van der Waals surface area (Å²) in [5, 5.41) is 6.06. The van der Waals surface area contributed by atoms with Gasteiger partial charge in [0.15, 0.2) is 0 Å². The molecule has 0 fully saturated rings. The van der Waals surface area contributed by atoms with Gasteiger partial charge in [0.25, 0.3) is 5.91 Å². The Kier molecular flexibility index (Phi) is 9.38. The molecular formula is C33H29N3O6S. The van der Waals surface area contributed by atoms with Crippen molar-refractivity contribution in [3.8, 4) is 5.75 Å². The molecule has 1 aromatic heterocycles. The van der Waals surface area contributed by atoms with E-state index in [1.165, 1.54) is 7.11 Å². The van der Waals surface area contributed by atoms with Crippen LogP contribution in [-0.2, 0) is 22.5 Å². The lowest BCUT2D eigenvalue weighted by Crippen LogP contribution is -2.43. The number of amides is 1. The van der Waals surface area contributed by atoms with Crippen molar-refractivity contribution in [2.75, 3.05) is 13.7 Å². The van der Waals surface area contributed by atoms with Crippen LogP contribution in [0, 0.1) is 4.91 Å². The SMILES string of the molecule is COC(=O)C(Cc1ccc(OCCn2c(=O)sc3cc(C(N=O)c4ccccc4)ccc32)cc1)NC(=O)c1ccccc1. The van der Waals surface area contributed by atoms with Crippen LogP contribution in [-0.4, -0.2) is 36.2 Å². The second-order valence-electron chi connectivity index (χ2n) is 9.78. The van der Waals surface area contributed by atoms with Gasteiger partial charge in [-0.2, -0.15) is 0 Å². The number of carbonyl (C=O) groups excluding carboxylic acids is 2. The molecule has 0 bridgehead atoms. The summed E-state index contributed by atoms with van der Waals surface area (Å²) in [5.74, 6) is -0.299. The number of aromatic nitrogens is 1. The Morgan fingerprint density at radius 1 is 0.907 bits per heavy atom. The van der Waals surface area contributed by atoms with Gasteiger partial charge in [0.2, 0.25) is 0 Å². The van der Waals surface area contributed by atoms with Crippen LogP contribution in [0.4, 0.5) is 0 Å². The minimum Gasteiger partial charge on any atom is -0.492 e. The molecule has 0 spiro atoms. The van der Waals surface area contributed by atoms with Gasteiger partial charge in [-0.3, -0.25) is 14.2 Å². The highest BCUT2D eigenvalue weighted by Gasteiger charge is 2.23. The maximum Gasteiger partial charge on any atom is 0.328 e. The van der Waals surface area contributed by atoms with E-state index in [4.69, 9.17) is 9.47 Å². The molecule has 218 valence electrons. The predicted octanol–water partition coefficient (Wildman–Crippen LogP) is 5.51. The van der Waals surface area contributed by atoms with Crippen LogP contribution >= 0.6 is 11.3 Å². The molecule has 10 heteroatoms. The Morgan fingerprint density at radius 3 is 2.28 bits per heavy atom. The molecular weight excluding hydrogens is 566 g/mol. The third-order valence-corrected chi connectivity index (χ3v) is 7.94. The number of nitrogens with zero attached hydrogens (tertiary/aromatic N) is 2. The number of rotatable bonds is 12. The first kappa shape index (κ1) is 29.4. The summed E-state index contributed by atoms with van der Waals surface area (Å²) in [6.07, 6.45) is 0.245. The highest BCUT2D eigenvalue weighted by molar-refractivity contribution is 7.16. The number of nitrogens with one attached hydrogen (secondary N) is 1. The average molecular weight is 596 g/mol. The summed E-state index contributed by atoms with van der Waals surface area (Å²) in [5.41, 5.74) is 3.55. The summed E-state index contributed by atoms with van der Waals surface area (Å²) in [6, 6.07) is 29.2. The van der Waals surface area contributed by atoms with Crippen LogP contribution in [0.3, 0.4) is 0 Å². The highest BCUT2D eigenvalue weighted by Crippen LogP contribution is 2.29. The number of thiazole rings is 1. The van der Waals surface area contributed by atoms with Gasteiger partial charge in [-0.15, -0.1) is 4.91 Å². The van der Waals surface area contributed by atoms with Crippen molar-refractivity contribution in [1.82, 2.24) is 9.88 Å². The lowest BCUT2D eigenvalue weighted by atomic mass is 9.99. The van der Waals surface area contributed by atoms with Gasteiger partial charge in [-0.1, -0.05) is 83.2 Å². The minimum absolute atomic E-state index is 0.118. The summed E-state index contributed by atoms with van der Waals surface area (Å²) >= 11 is 1.12. The molecule has 2 unspecified atom stereocenters. The van der Waals surface area contributed by atoms with E-state index in [1.54, 1.807) is 41.0 Å². The number of methoxy groups -OCH3 is 1. The zero-order valence-electron chi connectivity index (χ0n) is 23.3. The van der Waals surface area contributed by atoms with Gasteiger partial charge in [0.05, 0.1) is 23.9 Å². The summed E-state index contributed by atoms with van der Waals surface area (Å²) < 4.78 is 13.2. The van der Waals surface area contributed by atoms with E-state index in [0.717, 1.165) is 38.2 Å². The van der Waals surface area contributed by atoms with Gasteiger partial charge in [0, 0.05) is 12.0 Å². The van der Waals surface area contributed by atoms with Crippen LogP contribution < -0.4 is 14.9 Å². The molecule has 5 aromatic rings. The highest BCUT2D eigenvalue weighted by atomic mass is 32.1. The molecule has 43 heavy (non-hydrogen) atoms. The van der Waals surface area contributed by atoms with Crippen molar-refractivity contribution >= 4 is 33.4 Å². The summed E-state index contributed by atoms with van der Waals surface area (Å²) in [6.45, 7) is 0.594. The number of benzene rings is 4. The lowest BCUT2D eigenvalue weighted by molar-refractivity contribution is -0.142.